The molecule has 2 heterocycles. The van der Waals surface area contributed by atoms with Crippen molar-refractivity contribution in [1.82, 2.24) is 14.7 Å². The number of aliphatic imine (C=N–C) groups is 1. The first-order chi connectivity index (χ1) is 17.4. The van der Waals surface area contributed by atoms with Gasteiger partial charge in [-0.1, -0.05) is 6.08 Å². The highest BCUT2D eigenvalue weighted by Crippen LogP contribution is 2.43. The molecule has 0 saturated heterocycles. The number of alkyl halides is 2. The van der Waals surface area contributed by atoms with Crippen LogP contribution in [0.2, 0.25) is 0 Å². The molecule has 2 N–H and O–H groups in total. The highest BCUT2D eigenvalue weighted by atomic mass is 35.5. The number of urea groups is 1. The second kappa shape index (κ2) is 12.9. The number of carbonyl (C=O) groups excluding carboxylic acids is 3. The Morgan fingerprint density at radius 3 is 1.97 bits per heavy atom. The number of methoxy groups -OCH3 is 2. The number of rotatable bonds is 11. The molecule has 37 heavy (non-hydrogen) atoms. The van der Waals surface area contributed by atoms with Crippen LogP contribution in [-0.2, 0) is 29.1 Å². The van der Waals surface area contributed by atoms with E-state index < -0.39 is 62.7 Å². The van der Waals surface area contributed by atoms with Gasteiger partial charge in [0.1, 0.15) is 17.6 Å². The topological polar surface area (TPSA) is 184 Å². The van der Waals surface area contributed by atoms with E-state index in [0.29, 0.717) is 0 Å². The largest absolute Gasteiger partial charge is 0.481 e. The highest BCUT2D eigenvalue weighted by molar-refractivity contribution is 7.90. The van der Waals surface area contributed by atoms with Gasteiger partial charge in [-0.05, 0) is 6.08 Å². The van der Waals surface area contributed by atoms with E-state index in [4.69, 9.17) is 42.1 Å². The number of hydrogen-bond acceptors (Lipinski definition) is 12. The molecule has 14 nitrogen and oxygen atoms in total. The smallest absolute Gasteiger partial charge is 0.335 e. The lowest BCUT2D eigenvalue weighted by Crippen LogP contribution is -2.61. The van der Waals surface area contributed by atoms with E-state index in [1.807, 2.05) is 4.72 Å². The van der Waals surface area contributed by atoms with Gasteiger partial charge in [0.15, 0.2) is 5.37 Å². The summed E-state index contributed by atoms with van der Waals surface area (Å²) in [6, 6.07) is 0.0682. The molecule has 204 valence electrons. The predicted octanol–water partition coefficient (Wildman–Crippen LogP) is 1.24. The minimum absolute atomic E-state index is 0.0312. The molecule has 0 aromatic carbocycles. The van der Waals surface area contributed by atoms with Crippen LogP contribution in [0.25, 0.3) is 0 Å². The van der Waals surface area contributed by atoms with Crippen molar-refractivity contribution in [3.05, 3.63) is 18.2 Å². The molecule has 1 aromatic rings. The van der Waals surface area contributed by atoms with Crippen molar-refractivity contribution < 1.29 is 41.7 Å². The molecule has 0 spiro atoms. The minimum atomic E-state index is -4.75. The molecule has 0 fully saturated rings. The summed E-state index contributed by atoms with van der Waals surface area (Å²) in [6.45, 7) is 2.17. The average molecular weight is 582 g/mol. The fourth-order valence-corrected chi connectivity index (χ4v) is 5.79. The highest BCUT2D eigenvalue weighted by Gasteiger charge is 2.58. The van der Waals surface area contributed by atoms with E-state index >= 15 is 0 Å². The van der Waals surface area contributed by atoms with Gasteiger partial charge >= 0.3 is 18.0 Å². The predicted molar refractivity (Wildman–Crippen MR) is 133 cm³/mol. The SMILES string of the molecule is COc1cc(OC)nc(NC(=O)NS(=O)(=O)C2N=CC=CC2(C(CCl)OC(C)=O)C(CCl)OC(C)=O)n1. The quantitative estimate of drug-likeness (QED) is 0.283. The molecule has 0 bridgehead atoms. The van der Waals surface area contributed by atoms with Crippen LogP contribution >= 0.6 is 23.2 Å². The molecule has 1 aliphatic heterocycles. The lowest BCUT2D eigenvalue weighted by molar-refractivity contribution is -0.163. The van der Waals surface area contributed by atoms with Crippen molar-refractivity contribution in [3.63, 3.8) is 0 Å². The summed E-state index contributed by atoms with van der Waals surface area (Å²) in [5, 5.41) is 0.274. The lowest BCUT2D eigenvalue weighted by Gasteiger charge is -2.45. The number of ether oxygens (including phenoxy) is 4. The number of allylic oxidation sites excluding steroid dienone is 1. The fourth-order valence-electron chi connectivity index (χ4n) is 3.55. The van der Waals surface area contributed by atoms with Crippen LogP contribution in [0.1, 0.15) is 13.8 Å². The molecule has 0 saturated carbocycles. The summed E-state index contributed by atoms with van der Waals surface area (Å²) in [5.74, 6) is -2.72. The summed E-state index contributed by atoms with van der Waals surface area (Å²) in [4.78, 5) is 48.1. The number of dihydropyridines is 1. The maximum Gasteiger partial charge on any atom is 0.335 e. The van der Waals surface area contributed by atoms with Crippen LogP contribution in [0.4, 0.5) is 10.7 Å². The van der Waals surface area contributed by atoms with Gasteiger partial charge in [0.05, 0.1) is 32.0 Å². The minimum Gasteiger partial charge on any atom is -0.481 e. The number of halogens is 2. The van der Waals surface area contributed by atoms with Crippen molar-refractivity contribution in [1.29, 1.82) is 0 Å². The van der Waals surface area contributed by atoms with Crippen LogP contribution < -0.4 is 19.5 Å². The number of amides is 2. The molecule has 3 unspecified atom stereocenters. The summed E-state index contributed by atoms with van der Waals surface area (Å²) in [7, 11) is -2.12. The number of aromatic nitrogens is 2. The zero-order valence-electron chi connectivity index (χ0n) is 20.1. The van der Waals surface area contributed by atoms with Crippen LogP contribution in [0.15, 0.2) is 23.2 Å². The van der Waals surface area contributed by atoms with Crippen LogP contribution in [-0.4, -0.2) is 86.1 Å². The lowest BCUT2D eigenvalue weighted by atomic mass is 9.75. The van der Waals surface area contributed by atoms with Crippen molar-refractivity contribution in [2.24, 2.45) is 10.4 Å². The number of nitrogens with zero attached hydrogens (tertiary/aromatic N) is 3. The van der Waals surface area contributed by atoms with Gasteiger partial charge in [0.2, 0.25) is 17.7 Å². The summed E-state index contributed by atoms with van der Waals surface area (Å²) < 4.78 is 49.4. The van der Waals surface area contributed by atoms with Crippen LogP contribution in [0, 0.1) is 5.41 Å². The van der Waals surface area contributed by atoms with Gasteiger partial charge in [-0.2, -0.15) is 9.97 Å². The average Bonchev–Trinajstić information content (AvgIpc) is 2.84. The molecule has 2 amide bonds. The van der Waals surface area contributed by atoms with Crippen LogP contribution in [0.5, 0.6) is 11.8 Å². The molecule has 0 aliphatic carbocycles. The van der Waals surface area contributed by atoms with Gasteiger partial charge in [0, 0.05) is 20.1 Å². The number of carbonyl (C=O) groups is 3. The molecular weight excluding hydrogens is 557 g/mol. The van der Waals surface area contributed by atoms with Crippen molar-refractivity contribution in [2.45, 2.75) is 31.4 Å². The Balaban J connectivity index is 2.50. The van der Waals surface area contributed by atoms with E-state index in [9.17, 15) is 22.8 Å². The first-order valence-electron chi connectivity index (χ1n) is 10.4. The monoisotopic (exact) mass is 581 g/mol. The third kappa shape index (κ3) is 7.20. The van der Waals surface area contributed by atoms with E-state index in [1.165, 1.54) is 32.4 Å². The van der Waals surface area contributed by atoms with Crippen molar-refractivity contribution in [3.8, 4) is 11.8 Å². The molecule has 17 heteroatoms. The normalized spacial score (nSPS) is 20.3. The second-order valence-electron chi connectivity index (χ2n) is 7.39. The third-order valence-electron chi connectivity index (χ3n) is 4.98. The Kier molecular flexibility index (Phi) is 10.5. The standard InChI is InChI=1S/C20H25Cl2N5O9S/c1-11(28)35-13(9-21)20(14(10-22)36-12(2)29)6-5-7-23-17(20)37(31,32)27-19(30)26-18-24-15(33-3)8-16(25-18)34-4/h5-8,13-14,17H,9-10H2,1-4H3,(H2,24,25,26,27,30). The van der Waals surface area contributed by atoms with E-state index in [-0.39, 0.29) is 17.7 Å². The molecule has 1 aliphatic rings. The Hall–Kier alpha value is -3.17. The van der Waals surface area contributed by atoms with Gasteiger partial charge < -0.3 is 18.9 Å². The molecular formula is C20H25Cl2N5O9S. The molecule has 1 aromatic heterocycles. The Bertz CT molecular complexity index is 1130. The summed E-state index contributed by atoms with van der Waals surface area (Å²) in [6.07, 6.45) is 1.03. The summed E-state index contributed by atoms with van der Waals surface area (Å²) in [5.41, 5.74) is -1.92. The third-order valence-corrected chi connectivity index (χ3v) is 7.13. The first kappa shape index (κ1) is 30.1. The zero-order chi connectivity index (χ0) is 27.8. The second-order valence-corrected chi connectivity index (χ2v) is 9.75. The number of anilines is 1. The van der Waals surface area contributed by atoms with Crippen molar-refractivity contribution >= 4 is 63.4 Å². The van der Waals surface area contributed by atoms with E-state index in [2.05, 4.69) is 20.3 Å². The number of sulfonamides is 1. The Morgan fingerprint density at radius 2 is 1.54 bits per heavy atom. The summed E-state index contributed by atoms with van der Waals surface area (Å²) >= 11 is 12.2. The van der Waals surface area contributed by atoms with Crippen molar-refractivity contribution in [2.75, 3.05) is 31.3 Å². The van der Waals surface area contributed by atoms with Gasteiger partial charge in [-0.15, -0.1) is 23.2 Å². The number of hydrogen-bond donors (Lipinski definition) is 2. The zero-order valence-corrected chi connectivity index (χ0v) is 22.5. The molecule has 2 rings (SSSR count). The Labute approximate surface area is 222 Å². The van der Waals surface area contributed by atoms with Gasteiger partial charge in [-0.3, -0.25) is 19.9 Å². The number of esters is 2. The van der Waals surface area contributed by atoms with Crippen LogP contribution in [0.3, 0.4) is 0 Å². The first-order valence-corrected chi connectivity index (χ1v) is 13.0. The molecule has 3 atom stereocenters. The van der Waals surface area contributed by atoms with E-state index in [0.717, 1.165) is 20.1 Å². The van der Waals surface area contributed by atoms with E-state index in [1.54, 1.807) is 0 Å². The van der Waals surface area contributed by atoms with Gasteiger partial charge in [-0.25, -0.2) is 17.9 Å². The maximum atomic E-state index is 13.5. The maximum absolute atomic E-state index is 13.5. The number of nitrogens with one attached hydrogen (secondary N) is 2. The van der Waals surface area contributed by atoms with Gasteiger partial charge in [0.25, 0.3) is 10.0 Å². The Morgan fingerprint density at radius 1 is 1.03 bits per heavy atom. The molecule has 0 radical (unpaired) electrons. The fraction of sp³-hybridized carbons (Fsp3) is 0.500.